The van der Waals surface area contributed by atoms with Crippen LogP contribution in [0.15, 0.2) is 24.3 Å². The van der Waals surface area contributed by atoms with E-state index in [-0.39, 0.29) is 12.0 Å². The van der Waals surface area contributed by atoms with Crippen molar-refractivity contribution in [1.82, 2.24) is 10.2 Å². The van der Waals surface area contributed by atoms with Gasteiger partial charge in [-0.25, -0.2) is 8.78 Å². The molecule has 1 amide bonds. The Balaban J connectivity index is 2.03. The fourth-order valence-corrected chi connectivity index (χ4v) is 1.65. The highest BCUT2D eigenvalue weighted by Gasteiger charge is 2.12. The van der Waals surface area contributed by atoms with E-state index in [9.17, 15) is 13.6 Å². The molecule has 1 aromatic heterocycles. The summed E-state index contributed by atoms with van der Waals surface area (Å²) >= 11 is 0. The molecule has 100 valence electrons. The van der Waals surface area contributed by atoms with Crippen LogP contribution < -0.4 is 5.32 Å². The van der Waals surface area contributed by atoms with Crippen LogP contribution >= 0.6 is 0 Å². The van der Waals surface area contributed by atoms with Gasteiger partial charge in [0.15, 0.2) is 17.5 Å². The van der Waals surface area contributed by atoms with Crippen LogP contribution in [-0.4, -0.2) is 16.1 Å². The molecule has 0 radical (unpaired) electrons. The molecule has 0 bridgehead atoms. The number of rotatable bonds is 4. The zero-order chi connectivity index (χ0) is 13.8. The third kappa shape index (κ3) is 3.15. The second-order valence-corrected chi connectivity index (χ2v) is 4.07. The van der Waals surface area contributed by atoms with Gasteiger partial charge in [0.05, 0.1) is 6.42 Å². The number of halogens is 2. The van der Waals surface area contributed by atoms with Crippen LogP contribution in [0.25, 0.3) is 0 Å². The predicted molar refractivity (Wildman–Crippen MR) is 66.7 cm³/mol. The number of carbonyl (C=O) groups excluding carboxylic acids is 1. The average molecular weight is 265 g/mol. The van der Waals surface area contributed by atoms with Crippen molar-refractivity contribution in [3.05, 3.63) is 47.2 Å². The number of aryl methyl sites for hydroxylation is 1. The lowest BCUT2D eigenvalue weighted by atomic mass is 10.1. The van der Waals surface area contributed by atoms with Crippen molar-refractivity contribution < 1.29 is 13.6 Å². The first-order chi connectivity index (χ1) is 9.10. The van der Waals surface area contributed by atoms with Gasteiger partial charge in [-0.1, -0.05) is 19.1 Å². The Morgan fingerprint density at radius 1 is 1.42 bits per heavy atom. The van der Waals surface area contributed by atoms with Crippen LogP contribution in [0, 0.1) is 11.6 Å². The maximum absolute atomic E-state index is 13.4. The number of aromatic nitrogens is 2. The molecule has 0 aliphatic carbocycles. The molecule has 0 aliphatic heterocycles. The predicted octanol–water partition coefficient (Wildman–Crippen LogP) is 2.43. The van der Waals surface area contributed by atoms with Crippen molar-refractivity contribution in [3.63, 3.8) is 0 Å². The van der Waals surface area contributed by atoms with Gasteiger partial charge in [0.2, 0.25) is 5.91 Å². The molecule has 0 unspecified atom stereocenters. The summed E-state index contributed by atoms with van der Waals surface area (Å²) in [7, 11) is 0. The number of hydrogen-bond acceptors (Lipinski definition) is 2. The summed E-state index contributed by atoms with van der Waals surface area (Å²) in [6.07, 6.45) is 0.527. The first kappa shape index (κ1) is 13.2. The second kappa shape index (κ2) is 5.60. The van der Waals surface area contributed by atoms with Crippen molar-refractivity contribution in [2.75, 3.05) is 5.32 Å². The number of amides is 1. The fraction of sp³-hybridized carbons (Fsp3) is 0.231. The highest BCUT2D eigenvalue weighted by Crippen LogP contribution is 2.13. The summed E-state index contributed by atoms with van der Waals surface area (Å²) in [6.45, 7) is 1.95. The Hall–Kier alpha value is -2.24. The normalized spacial score (nSPS) is 10.5. The van der Waals surface area contributed by atoms with Gasteiger partial charge in [-0.2, -0.15) is 5.10 Å². The molecule has 19 heavy (non-hydrogen) atoms. The molecule has 2 rings (SSSR count). The third-order valence-electron chi connectivity index (χ3n) is 2.66. The molecule has 0 saturated carbocycles. The molecule has 1 aromatic carbocycles. The molecule has 0 fully saturated rings. The van der Waals surface area contributed by atoms with Crippen LogP contribution in [0.4, 0.5) is 14.6 Å². The minimum Gasteiger partial charge on any atom is -0.309 e. The van der Waals surface area contributed by atoms with Gasteiger partial charge in [0.1, 0.15) is 0 Å². The molecule has 1 heterocycles. The summed E-state index contributed by atoms with van der Waals surface area (Å²) in [5.74, 6) is -2.02. The molecule has 0 atom stereocenters. The van der Waals surface area contributed by atoms with Crippen LogP contribution in [0.3, 0.4) is 0 Å². The van der Waals surface area contributed by atoms with Crippen LogP contribution in [0.5, 0.6) is 0 Å². The van der Waals surface area contributed by atoms with Gasteiger partial charge in [-0.05, 0) is 12.5 Å². The minimum absolute atomic E-state index is 0.0174. The highest BCUT2D eigenvalue weighted by molar-refractivity contribution is 5.91. The van der Waals surface area contributed by atoms with Crippen molar-refractivity contribution >= 4 is 11.7 Å². The summed E-state index contributed by atoms with van der Waals surface area (Å²) in [5, 5.41) is 9.15. The van der Waals surface area contributed by atoms with E-state index in [1.54, 1.807) is 6.07 Å². The zero-order valence-corrected chi connectivity index (χ0v) is 10.3. The quantitative estimate of drug-likeness (QED) is 0.892. The van der Waals surface area contributed by atoms with E-state index >= 15 is 0 Å². The first-order valence-corrected chi connectivity index (χ1v) is 5.87. The molecule has 2 aromatic rings. The molecule has 0 spiro atoms. The monoisotopic (exact) mass is 265 g/mol. The zero-order valence-electron chi connectivity index (χ0n) is 10.3. The Bertz CT molecular complexity index is 595. The lowest BCUT2D eigenvalue weighted by Gasteiger charge is -2.03. The van der Waals surface area contributed by atoms with E-state index < -0.39 is 17.5 Å². The Morgan fingerprint density at radius 2 is 2.21 bits per heavy atom. The number of hydrogen-bond donors (Lipinski definition) is 2. The van der Waals surface area contributed by atoms with Crippen molar-refractivity contribution in [2.24, 2.45) is 0 Å². The fourth-order valence-electron chi connectivity index (χ4n) is 1.65. The maximum atomic E-state index is 13.4. The number of H-pyrrole nitrogens is 1. The number of anilines is 1. The third-order valence-corrected chi connectivity index (χ3v) is 2.66. The molecule has 0 saturated heterocycles. The van der Waals surface area contributed by atoms with Gasteiger partial charge >= 0.3 is 0 Å². The van der Waals surface area contributed by atoms with Crippen LogP contribution in [0.2, 0.25) is 0 Å². The van der Waals surface area contributed by atoms with E-state index in [0.29, 0.717) is 5.82 Å². The van der Waals surface area contributed by atoms with Gasteiger partial charge in [-0.15, -0.1) is 0 Å². The number of nitrogens with one attached hydrogen (secondary N) is 2. The SMILES string of the molecule is CCc1cc(NC(=O)Cc2cccc(F)c2F)n[nH]1. The van der Waals surface area contributed by atoms with E-state index in [2.05, 4.69) is 15.5 Å². The number of benzene rings is 1. The second-order valence-electron chi connectivity index (χ2n) is 4.07. The largest absolute Gasteiger partial charge is 0.309 e. The Morgan fingerprint density at radius 3 is 2.89 bits per heavy atom. The lowest BCUT2D eigenvalue weighted by molar-refractivity contribution is -0.115. The topological polar surface area (TPSA) is 57.8 Å². The molecule has 4 nitrogen and oxygen atoms in total. The highest BCUT2D eigenvalue weighted by atomic mass is 19.2. The molecule has 0 aliphatic rings. The van der Waals surface area contributed by atoms with E-state index in [0.717, 1.165) is 18.2 Å². The summed E-state index contributed by atoms with van der Waals surface area (Å²) in [4.78, 5) is 11.7. The van der Waals surface area contributed by atoms with E-state index in [4.69, 9.17) is 0 Å². The molecule has 2 N–H and O–H groups in total. The molecule has 6 heteroatoms. The Labute approximate surface area is 108 Å². The van der Waals surface area contributed by atoms with Crippen molar-refractivity contribution in [3.8, 4) is 0 Å². The van der Waals surface area contributed by atoms with Gasteiger partial charge < -0.3 is 5.32 Å². The summed E-state index contributed by atoms with van der Waals surface area (Å²) in [6, 6.07) is 5.45. The number of aromatic amines is 1. The van der Waals surface area contributed by atoms with Crippen LogP contribution in [0.1, 0.15) is 18.2 Å². The average Bonchev–Trinajstić information content (AvgIpc) is 2.82. The van der Waals surface area contributed by atoms with E-state index in [1.165, 1.54) is 12.1 Å². The van der Waals surface area contributed by atoms with Crippen molar-refractivity contribution in [2.45, 2.75) is 19.8 Å². The standard InChI is InChI=1S/C13H13F2N3O/c1-2-9-7-11(18-17-9)16-12(19)6-8-4-3-5-10(14)13(8)15/h3-5,7H,2,6H2,1H3,(H2,16,17,18,19). The Kier molecular flexibility index (Phi) is 3.89. The van der Waals surface area contributed by atoms with Crippen molar-refractivity contribution in [1.29, 1.82) is 0 Å². The lowest BCUT2D eigenvalue weighted by Crippen LogP contribution is -2.15. The smallest absolute Gasteiger partial charge is 0.230 e. The van der Waals surface area contributed by atoms with Crippen LogP contribution in [-0.2, 0) is 17.6 Å². The minimum atomic E-state index is -0.992. The van der Waals surface area contributed by atoms with Gasteiger partial charge in [0.25, 0.3) is 0 Å². The first-order valence-electron chi connectivity index (χ1n) is 5.87. The number of carbonyl (C=O) groups is 1. The van der Waals surface area contributed by atoms with Gasteiger partial charge in [-0.3, -0.25) is 9.89 Å². The van der Waals surface area contributed by atoms with Gasteiger partial charge in [0, 0.05) is 17.3 Å². The summed E-state index contributed by atoms with van der Waals surface area (Å²) < 4.78 is 26.4. The molecular weight excluding hydrogens is 252 g/mol. The number of nitrogens with zero attached hydrogens (tertiary/aromatic N) is 1. The summed E-state index contributed by atoms with van der Waals surface area (Å²) in [5.41, 5.74) is 0.899. The molecular formula is C13H13F2N3O. The maximum Gasteiger partial charge on any atom is 0.230 e. The van der Waals surface area contributed by atoms with E-state index in [1.807, 2.05) is 6.92 Å².